The van der Waals surface area contributed by atoms with Gasteiger partial charge in [0.05, 0.1) is 13.0 Å². The highest BCUT2D eigenvalue weighted by Crippen LogP contribution is 2.37. The minimum atomic E-state index is -1.07. The fourth-order valence-corrected chi connectivity index (χ4v) is 4.42. The van der Waals surface area contributed by atoms with Crippen LogP contribution in [0.15, 0.2) is 78.9 Å². The molecule has 4 N–H and O–H groups in total. The number of hydrogen-bond acceptors (Lipinski definition) is 3. The van der Waals surface area contributed by atoms with E-state index >= 15 is 0 Å². The summed E-state index contributed by atoms with van der Waals surface area (Å²) in [6.07, 6.45) is 1.58. The molecule has 0 aliphatic heterocycles. The Labute approximate surface area is 194 Å². The molecule has 3 amide bonds. The smallest absolute Gasteiger partial charge is 0.318 e. The lowest BCUT2D eigenvalue weighted by Crippen LogP contribution is -2.46. The van der Waals surface area contributed by atoms with Gasteiger partial charge in [0.2, 0.25) is 5.91 Å². The third kappa shape index (κ3) is 5.59. The van der Waals surface area contributed by atoms with E-state index in [1.54, 1.807) is 4.90 Å². The van der Waals surface area contributed by atoms with Gasteiger partial charge in [-0.3, -0.25) is 4.79 Å². The molecule has 1 atom stereocenters. The molecule has 0 bridgehead atoms. The lowest BCUT2D eigenvalue weighted by atomic mass is 9.95. The van der Waals surface area contributed by atoms with Crippen molar-refractivity contribution in [1.29, 1.82) is 0 Å². The zero-order chi connectivity index (χ0) is 23.3. The molecule has 6 heteroatoms. The summed E-state index contributed by atoms with van der Waals surface area (Å²) in [6.45, 7) is 0.951. The van der Waals surface area contributed by atoms with Crippen molar-refractivity contribution in [3.05, 3.63) is 107 Å². The van der Waals surface area contributed by atoms with E-state index in [0.717, 1.165) is 34.2 Å². The number of amides is 3. The van der Waals surface area contributed by atoms with Gasteiger partial charge in [0.25, 0.3) is 0 Å². The van der Waals surface area contributed by atoms with Crippen molar-refractivity contribution in [2.24, 2.45) is 5.73 Å². The molecule has 0 aromatic heterocycles. The molecule has 0 saturated carbocycles. The van der Waals surface area contributed by atoms with Gasteiger partial charge in [0.15, 0.2) is 0 Å². The van der Waals surface area contributed by atoms with Crippen LogP contribution >= 0.6 is 0 Å². The third-order valence-corrected chi connectivity index (χ3v) is 6.13. The average molecular weight is 444 g/mol. The van der Waals surface area contributed by atoms with E-state index in [1.807, 2.05) is 78.9 Å². The van der Waals surface area contributed by atoms with E-state index < -0.39 is 5.60 Å². The van der Waals surface area contributed by atoms with Crippen molar-refractivity contribution in [2.45, 2.75) is 38.0 Å². The van der Waals surface area contributed by atoms with Crippen LogP contribution in [-0.4, -0.2) is 28.5 Å². The standard InChI is InChI=1S/C27H29N3O3/c28-25(31)16-20-10-12-21(13-11-20)17-29-26(32)30(18-22-6-2-1-3-7-22)19-27(33)15-14-23-8-4-5-9-24(23)27/h1-13,33H,14-19H2,(H2,28,31)(H,29,32). The van der Waals surface area contributed by atoms with Crippen LogP contribution < -0.4 is 11.1 Å². The monoisotopic (exact) mass is 443 g/mol. The molecule has 3 aromatic rings. The van der Waals surface area contributed by atoms with Crippen molar-refractivity contribution >= 4 is 11.9 Å². The predicted octanol–water partition coefficient (Wildman–Crippen LogP) is 3.26. The van der Waals surface area contributed by atoms with Crippen LogP contribution in [0.2, 0.25) is 0 Å². The summed E-state index contributed by atoms with van der Waals surface area (Å²) in [4.78, 5) is 26.0. The minimum absolute atomic E-state index is 0.192. The molecule has 3 aromatic carbocycles. The normalized spacial score (nSPS) is 16.8. The van der Waals surface area contributed by atoms with Crippen LogP contribution in [0.4, 0.5) is 4.79 Å². The van der Waals surface area contributed by atoms with E-state index in [2.05, 4.69) is 5.32 Å². The van der Waals surface area contributed by atoms with Gasteiger partial charge in [0.1, 0.15) is 5.60 Å². The number of rotatable bonds is 8. The summed E-state index contributed by atoms with van der Waals surface area (Å²) < 4.78 is 0. The van der Waals surface area contributed by atoms with Gasteiger partial charge < -0.3 is 21.1 Å². The lowest BCUT2D eigenvalue weighted by molar-refractivity contribution is -0.117. The largest absolute Gasteiger partial charge is 0.383 e. The van der Waals surface area contributed by atoms with E-state index in [-0.39, 0.29) is 24.9 Å². The Kier molecular flexibility index (Phi) is 6.75. The molecule has 1 aliphatic rings. The molecule has 0 fully saturated rings. The van der Waals surface area contributed by atoms with Crippen LogP contribution in [0.25, 0.3) is 0 Å². The number of urea groups is 1. The van der Waals surface area contributed by atoms with Gasteiger partial charge in [0, 0.05) is 13.1 Å². The number of carbonyl (C=O) groups excluding carboxylic acids is 2. The quantitative estimate of drug-likeness (QED) is 0.499. The highest BCUT2D eigenvalue weighted by atomic mass is 16.3. The number of aryl methyl sites for hydroxylation is 1. The number of carbonyl (C=O) groups is 2. The summed E-state index contributed by atoms with van der Waals surface area (Å²) in [5, 5.41) is 14.4. The van der Waals surface area contributed by atoms with Gasteiger partial charge >= 0.3 is 6.03 Å². The fraction of sp³-hybridized carbons (Fsp3) is 0.259. The molecule has 4 rings (SSSR count). The summed E-state index contributed by atoms with van der Waals surface area (Å²) in [5.74, 6) is -0.376. The second-order valence-corrected chi connectivity index (χ2v) is 8.65. The number of nitrogens with one attached hydrogen (secondary N) is 1. The third-order valence-electron chi connectivity index (χ3n) is 6.13. The Hall–Kier alpha value is -3.64. The lowest BCUT2D eigenvalue weighted by Gasteiger charge is -2.32. The molecule has 1 unspecified atom stereocenters. The number of primary amides is 1. The number of nitrogens with zero attached hydrogens (tertiary/aromatic N) is 1. The number of benzene rings is 3. The summed E-state index contributed by atoms with van der Waals surface area (Å²) >= 11 is 0. The topological polar surface area (TPSA) is 95.7 Å². The van der Waals surface area contributed by atoms with Crippen LogP contribution in [-0.2, 0) is 36.3 Å². The van der Waals surface area contributed by atoms with Crippen molar-refractivity contribution < 1.29 is 14.7 Å². The maximum absolute atomic E-state index is 13.2. The van der Waals surface area contributed by atoms with E-state index in [0.29, 0.717) is 19.5 Å². The van der Waals surface area contributed by atoms with E-state index in [4.69, 9.17) is 5.73 Å². The molecule has 0 saturated heterocycles. The zero-order valence-electron chi connectivity index (χ0n) is 18.5. The van der Waals surface area contributed by atoms with Crippen molar-refractivity contribution in [2.75, 3.05) is 6.54 Å². The molecule has 0 spiro atoms. The Bertz CT molecular complexity index is 1110. The van der Waals surface area contributed by atoms with E-state index in [9.17, 15) is 14.7 Å². The molecular formula is C27H29N3O3. The summed E-state index contributed by atoms with van der Waals surface area (Å²) in [6, 6.07) is 24.9. The van der Waals surface area contributed by atoms with E-state index in [1.165, 1.54) is 0 Å². The Morgan fingerprint density at radius 2 is 1.58 bits per heavy atom. The highest BCUT2D eigenvalue weighted by Gasteiger charge is 2.39. The molecule has 1 aliphatic carbocycles. The number of fused-ring (bicyclic) bond motifs is 1. The molecule has 170 valence electrons. The molecule has 33 heavy (non-hydrogen) atoms. The first-order chi connectivity index (χ1) is 15.9. The number of nitrogens with two attached hydrogens (primary N) is 1. The number of aliphatic hydroxyl groups is 1. The minimum Gasteiger partial charge on any atom is -0.383 e. The number of hydrogen-bond donors (Lipinski definition) is 3. The van der Waals surface area contributed by atoms with Crippen LogP contribution in [0.3, 0.4) is 0 Å². The summed E-state index contributed by atoms with van der Waals surface area (Å²) in [7, 11) is 0. The maximum Gasteiger partial charge on any atom is 0.318 e. The second kappa shape index (κ2) is 9.88. The van der Waals surface area contributed by atoms with Crippen molar-refractivity contribution in [3.63, 3.8) is 0 Å². The van der Waals surface area contributed by atoms with Gasteiger partial charge in [-0.2, -0.15) is 0 Å². The molecule has 0 heterocycles. The first kappa shape index (κ1) is 22.6. The molecular weight excluding hydrogens is 414 g/mol. The SMILES string of the molecule is NC(=O)Cc1ccc(CNC(=O)N(Cc2ccccc2)CC2(O)CCc3ccccc32)cc1. The zero-order valence-corrected chi connectivity index (χ0v) is 18.5. The van der Waals surface area contributed by atoms with Gasteiger partial charge in [-0.15, -0.1) is 0 Å². The fourth-order valence-electron chi connectivity index (χ4n) is 4.42. The second-order valence-electron chi connectivity index (χ2n) is 8.65. The van der Waals surface area contributed by atoms with Crippen LogP contribution in [0.1, 0.15) is 34.2 Å². The molecule has 6 nitrogen and oxygen atoms in total. The maximum atomic E-state index is 13.2. The van der Waals surface area contributed by atoms with Crippen molar-refractivity contribution in [3.8, 4) is 0 Å². The first-order valence-electron chi connectivity index (χ1n) is 11.2. The Morgan fingerprint density at radius 3 is 2.30 bits per heavy atom. The Morgan fingerprint density at radius 1 is 0.909 bits per heavy atom. The van der Waals surface area contributed by atoms with Crippen molar-refractivity contribution in [1.82, 2.24) is 10.2 Å². The Balaban J connectivity index is 1.47. The first-order valence-corrected chi connectivity index (χ1v) is 11.2. The average Bonchev–Trinajstić information content (AvgIpc) is 3.15. The van der Waals surface area contributed by atoms with Gasteiger partial charge in [-0.25, -0.2) is 4.79 Å². The molecule has 0 radical (unpaired) electrons. The van der Waals surface area contributed by atoms with Crippen LogP contribution in [0.5, 0.6) is 0 Å². The van der Waals surface area contributed by atoms with Gasteiger partial charge in [-0.1, -0.05) is 78.9 Å². The van der Waals surface area contributed by atoms with Crippen LogP contribution in [0, 0.1) is 0 Å². The predicted molar refractivity (Wildman–Crippen MR) is 127 cm³/mol. The highest BCUT2D eigenvalue weighted by molar-refractivity contribution is 5.76. The van der Waals surface area contributed by atoms with Gasteiger partial charge in [-0.05, 0) is 40.7 Å². The summed E-state index contributed by atoms with van der Waals surface area (Å²) in [5.41, 5.74) is 8.97.